The number of rotatable bonds is 9. The smallest absolute Gasteiger partial charge is 0.430 e. The van der Waals surface area contributed by atoms with Gasteiger partial charge < -0.3 is 14.2 Å². The summed E-state index contributed by atoms with van der Waals surface area (Å²) in [6.07, 6.45) is -7.57. The topological polar surface area (TPSA) is 27.7 Å². The third kappa shape index (κ3) is 6.33. The summed E-state index contributed by atoms with van der Waals surface area (Å²) in [5.74, 6) is -12.1. The molecule has 194 valence electrons. The Hall–Kier alpha value is -2.63. The summed E-state index contributed by atoms with van der Waals surface area (Å²) in [6.45, 7) is 2.04. The van der Waals surface area contributed by atoms with Crippen LogP contribution in [0, 0.1) is 35.0 Å². The molecule has 3 rings (SSSR count). The van der Waals surface area contributed by atoms with Gasteiger partial charge in [0.1, 0.15) is 28.7 Å². The maximum atomic E-state index is 14.5. The zero-order valence-corrected chi connectivity index (χ0v) is 18.3. The molecule has 0 radical (unpaired) electrons. The van der Waals surface area contributed by atoms with Crippen molar-refractivity contribution in [3.63, 3.8) is 0 Å². The van der Waals surface area contributed by atoms with Crippen LogP contribution < -0.4 is 9.47 Å². The molecule has 2 unspecified atom stereocenters. The number of unbranched alkanes of at least 4 members (excludes halogenated alkanes) is 1. The molecule has 0 aromatic heterocycles. The van der Waals surface area contributed by atoms with Gasteiger partial charge in [0.25, 0.3) is 0 Å². The summed E-state index contributed by atoms with van der Waals surface area (Å²) in [5.41, 5.74) is -2.04. The number of hydrogen-bond donors (Lipinski definition) is 0. The first-order valence-electron chi connectivity index (χ1n) is 10.7. The van der Waals surface area contributed by atoms with Crippen LogP contribution in [0.25, 0.3) is 0 Å². The maximum Gasteiger partial charge on any atom is 0.432 e. The molecule has 1 heterocycles. The Morgan fingerprint density at radius 1 is 0.829 bits per heavy atom. The van der Waals surface area contributed by atoms with Crippen LogP contribution in [0.15, 0.2) is 24.3 Å². The van der Waals surface area contributed by atoms with Gasteiger partial charge in [0.2, 0.25) is 0 Å². The summed E-state index contributed by atoms with van der Waals surface area (Å²) in [5, 5.41) is 0. The zero-order valence-electron chi connectivity index (χ0n) is 18.3. The summed E-state index contributed by atoms with van der Waals surface area (Å²) in [4.78, 5) is 0. The average Bonchev–Trinajstić information content (AvgIpc) is 2.75. The summed E-state index contributed by atoms with van der Waals surface area (Å²) < 4.78 is 139. The summed E-state index contributed by atoms with van der Waals surface area (Å²) in [6, 6.07) is 0.249. The standard InChI is InChI=1S/C23H21F9O3/c1-2-3-4-12-5-6-19(33-11-12)22(29,30)34-13-7-15(24)20(16(25)8-13)23(31,32)35-14-9-17(26)21(28)18(27)10-14/h7-10,12,19H,2-6,11H2,1H3. The minimum absolute atomic E-state index is 0.0388. The molecule has 2 atom stereocenters. The van der Waals surface area contributed by atoms with E-state index in [4.69, 9.17) is 4.74 Å². The van der Waals surface area contributed by atoms with Gasteiger partial charge in [0.15, 0.2) is 23.6 Å². The van der Waals surface area contributed by atoms with Crippen LogP contribution in [0.1, 0.15) is 44.6 Å². The lowest BCUT2D eigenvalue weighted by atomic mass is 9.93. The number of alkyl halides is 4. The van der Waals surface area contributed by atoms with E-state index in [1.54, 1.807) is 0 Å². The molecular formula is C23H21F9O3. The quantitative estimate of drug-likeness (QED) is 0.256. The van der Waals surface area contributed by atoms with Crippen molar-refractivity contribution in [1.29, 1.82) is 0 Å². The first-order valence-corrected chi connectivity index (χ1v) is 10.7. The van der Waals surface area contributed by atoms with E-state index in [1.807, 2.05) is 6.92 Å². The van der Waals surface area contributed by atoms with Gasteiger partial charge in [-0.3, -0.25) is 0 Å². The van der Waals surface area contributed by atoms with Gasteiger partial charge in [-0.05, 0) is 25.2 Å². The number of ether oxygens (including phenoxy) is 3. The second kappa shape index (κ2) is 10.5. The minimum Gasteiger partial charge on any atom is -0.430 e. The lowest BCUT2D eigenvalue weighted by Gasteiger charge is -2.33. The van der Waals surface area contributed by atoms with Crippen molar-refractivity contribution in [3.8, 4) is 11.5 Å². The molecule has 3 nitrogen and oxygen atoms in total. The fourth-order valence-electron chi connectivity index (χ4n) is 3.69. The van der Waals surface area contributed by atoms with E-state index < -0.39 is 64.5 Å². The molecule has 1 fully saturated rings. The Labute approximate surface area is 194 Å². The van der Waals surface area contributed by atoms with E-state index in [0.717, 1.165) is 19.3 Å². The van der Waals surface area contributed by atoms with Crippen molar-refractivity contribution < 1.29 is 53.7 Å². The van der Waals surface area contributed by atoms with Crippen molar-refractivity contribution >= 4 is 0 Å². The second-order valence-corrected chi connectivity index (χ2v) is 8.15. The Morgan fingerprint density at radius 2 is 1.37 bits per heavy atom. The normalized spacial score (nSPS) is 19.0. The Kier molecular flexibility index (Phi) is 8.13. The van der Waals surface area contributed by atoms with E-state index >= 15 is 0 Å². The maximum absolute atomic E-state index is 14.5. The highest BCUT2D eigenvalue weighted by atomic mass is 19.3. The van der Waals surface area contributed by atoms with E-state index in [0.29, 0.717) is 6.42 Å². The van der Waals surface area contributed by atoms with Crippen LogP contribution in [0.4, 0.5) is 39.5 Å². The van der Waals surface area contributed by atoms with Gasteiger partial charge in [-0.25, -0.2) is 22.0 Å². The number of hydrogen-bond acceptors (Lipinski definition) is 3. The van der Waals surface area contributed by atoms with Gasteiger partial charge in [-0.1, -0.05) is 19.8 Å². The fraction of sp³-hybridized carbons (Fsp3) is 0.478. The Balaban J connectivity index is 1.74. The van der Waals surface area contributed by atoms with Crippen molar-refractivity contribution in [2.24, 2.45) is 5.92 Å². The highest BCUT2D eigenvalue weighted by Gasteiger charge is 2.47. The molecule has 1 saturated heterocycles. The number of benzene rings is 2. The van der Waals surface area contributed by atoms with Crippen LogP contribution in [0.2, 0.25) is 0 Å². The predicted octanol–water partition coefficient (Wildman–Crippen LogP) is 7.47. The lowest BCUT2D eigenvalue weighted by Crippen LogP contribution is -2.44. The largest absolute Gasteiger partial charge is 0.432 e. The highest BCUT2D eigenvalue weighted by Crippen LogP contribution is 2.39. The first-order chi connectivity index (χ1) is 16.3. The molecule has 0 aliphatic carbocycles. The molecule has 35 heavy (non-hydrogen) atoms. The second-order valence-electron chi connectivity index (χ2n) is 8.15. The summed E-state index contributed by atoms with van der Waals surface area (Å²) >= 11 is 0. The van der Waals surface area contributed by atoms with E-state index in [9.17, 15) is 39.5 Å². The molecular weight excluding hydrogens is 495 g/mol. The highest BCUT2D eigenvalue weighted by molar-refractivity contribution is 5.34. The van der Waals surface area contributed by atoms with Crippen LogP contribution in [-0.4, -0.2) is 18.8 Å². The van der Waals surface area contributed by atoms with Crippen molar-refractivity contribution in [1.82, 2.24) is 0 Å². The molecule has 1 aliphatic rings. The van der Waals surface area contributed by atoms with Crippen molar-refractivity contribution in [3.05, 3.63) is 58.9 Å². The Bertz CT molecular complexity index is 991. The monoisotopic (exact) mass is 516 g/mol. The van der Waals surface area contributed by atoms with Crippen LogP contribution in [-0.2, 0) is 10.8 Å². The van der Waals surface area contributed by atoms with Gasteiger partial charge in [-0.2, -0.15) is 17.6 Å². The molecule has 2 aromatic rings. The molecule has 0 spiro atoms. The van der Waals surface area contributed by atoms with Gasteiger partial charge in [0.05, 0.1) is 6.61 Å². The molecule has 1 aliphatic heterocycles. The van der Waals surface area contributed by atoms with Crippen molar-refractivity contribution in [2.45, 2.75) is 57.3 Å². The predicted molar refractivity (Wildman–Crippen MR) is 105 cm³/mol. The molecule has 0 bridgehead atoms. The van der Waals surface area contributed by atoms with E-state index in [-0.39, 0.29) is 43.2 Å². The Morgan fingerprint density at radius 3 is 1.89 bits per heavy atom. The van der Waals surface area contributed by atoms with Crippen LogP contribution in [0.5, 0.6) is 11.5 Å². The van der Waals surface area contributed by atoms with Crippen molar-refractivity contribution in [2.75, 3.05) is 6.61 Å². The van der Waals surface area contributed by atoms with Gasteiger partial charge >= 0.3 is 12.2 Å². The van der Waals surface area contributed by atoms with Crippen LogP contribution in [0.3, 0.4) is 0 Å². The lowest BCUT2D eigenvalue weighted by molar-refractivity contribution is -0.265. The van der Waals surface area contributed by atoms with Gasteiger partial charge in [0, 0.05) is 24.3 Å². The SMILES string of the molecule is CCCCC1CCC(C(F)(F)Oc2cc(F)c(C(F)(F)Oc3cc(F)c(F)c(F)c3)c(F)c2)OC1. The molecule has 0 amide bonds. The molecule has 0 N–H and O–H groups in total. The third-order valence-corrected chi connectivity index (χ3v) is 5.47. The molecule has 0 saturated carbocycles. The van der Waals surface area contributed by atoms with E-state index in [1.165, 1.54) is 0 Å². The zero-order chi connectivity index (χ0) is 26.0. The molecule has 12 heteroatoms. The minimum atomic E-state index is -4.86. The van der Waals surface area contributed by atoms with Gasteiger partial charge in [-0.15, -0.1) is 0 Å². The summed E-state index contributed by atoms with van der Waals surface area (Å²) in [7, 11) is 0. The molecule has 2 aromatic carbocycles. The van der Waals surface area contributed by atoms with E-state index in [2.05, 4.69) is 9.47 Å². The number of halogens is 9. The fourth-order valence-corrected chi connectivity index (χ4v) is 3.69. The first kappa shape index (κ1) is 27.0. The van der Waals surface area contributed by atoms with Crippen LogP contribution >= 0.6 is 0 Å². The average molecular weight is 516 g/mol. The third-order valence-electron chi connectivity index (χ3n) is 5.47.